The van der Waals surface area contributed by atoms with E-state index in [0.717, 1.165) is 44.9 Å². The quantitative estimate of drug-likeness (QED) is 0.0935. The molecule has 6 atom stereocenters. The Morgan fingerprint density at radius 1 is 0.780 bits per heavy atom. The molecule has 0 aromatic rings. The van der Waals surface area contributed by atoms with Crippen molar-refractivity contribution in [1.29, 1.82) is 0 Å². The van der Waals surface area contributed by atoms with Crippen molar-refractivity contribution < 1.29 is 42.7 Å². The number of alkyl halides is 1. The molecule has 15 heteroatoms. The highest BCUT2D eigenvalue weighted by atomic mass is 35.5. The summed E-state index contributed by atoms with van der Waals surface area (Å²) in [7, 11) is 3.47. The summed E-state index contributed by atoms with van der Waals surface area (Å²) in [6, 6.07) is 0.168. The highest BCUT2D eigenvalue weighted by Crippen LogP contribution is 2.41. The fourth-order valence-electron chi connectivity index (χ4n) is 7.53. The summed E-state index contributed by atoms with van der Waals surface area (Å²) in [6.45, 7) is 9.25. The van der Waals surface area contributed by atoms with Crippen molar-refractivity contribution in [2.45, 2.75) is 94.2 Å². The van der Waals surface area contributed by atoms with E-state index in [0.29, 0.717) is 117 Å². The Morgan fingerprint density at radius 3 is 1.90 bits per heavy atom. The molecule has 1 amide bonds. The van der Waals surface area contributed by atoms with E-state index in [9.17, 15) is 4.79 Å². The number of carbonyl (C=O) groups excluding carboxylic acids is 1. The second kappa shape index (κ2) is 24.3. The standard InChI is InChI=1S/C35H64ClN5O9/c1-26-39-40-35-31(38-34(27-4-6-28(36)7-5-27)30-24-29(44-3)8-9-32(30)41(26)35)25-33(42)37-10-11-45-14-15-47-18-19-49-22-23-50-21-20-48-17-16-46-13-12-43-2/h26-32,35,39-40H,4-25H2,1-3H3,(H,37,42)/t26?,27?,28?,29?,30?,31-,32?,35?/m0/s1. The molecule has 1 saturated heterocycles. The third kappa shape index (κ3) is 14.1. The zero-order valence-electron chi connectivity index (χ0n) is 30.6. The lowest BCUT2D eigenvalue weighted by Crippen LogP contribution is -2.55. The highest BCUT2D eigenvalue weighted by molar-refractivity contribution is 6.20. The molecule has 0 radical (unpaired) electrons. The van der Waals surface area contributed by atoms with Gasteiger partial charge in [-0.1, -0.05) is 0 Å². The van der Waals surface area contributed by atoms with Crippen LogP contribution in [0, 0.1) is 11.8 Å². The molecule has 14 nitrogen and oxygen atoms in total. The molecule has 4 rings (SSSR count). The average molecular weight is 734 g/mol. The van der Waals surface area contributed by atoms with Gasteiger partial charge in [-0.15, -0.1) is 11.6 Å². The van der Waals surface area contributed by atoms with Gasteiger partial charge < -0.3 is 43.2 Å². The lowest BCUT2D eigenvalue weighted by atomic mass is 9.72. The van der Waals surface area contributed by atoms with Crippen LogP contribution in [0.2, 0.25) is 0 Å². The van der Waals surface area contributed by atoms with Crippen LogP contribution in [0.3, 0.4) is 0 Å². The summed E-state index contributed by atoms with van der Waals surface area (Å²) in [6.07, 6.45) is 7.90. The fourth-order valence-corrected chi connectivity index (χ4v) is 7.78. The third-order valence-corrected chi connectivity index (χ3v) is 10.5. The van der Waals surface area contributed by atoms with Gasteiger partial charge >= 0.3 is 0 Å². The SMILES string of the molecule is COCCOCCOCCOCCOCCOCCOCCNC(=O)C[C@@H]1N=C(C2CCC(Cl)CC2)C2CC(OC)CCC2N2C(C)NNC12. The van der Waals surface area contributed by atoms with E-state index in [1.54, 1.807) is 7.11 Å². The number of carbonyl (C=O) groups is 1. The molecule has 0 aromatic carbocycles. The van der Waals surface area contributed by atoms with Crippen molar-refractivity contribution in [2.24, 2.45) is 16.8 Å². The minimum atomic E-state index is -0.193. The van der Waals surface area contributed by atoms with Crippen molar-refractivity contribution in [3.05, 3.63) is 0 Å². The molecule has 0 spiro atoms. The number of nitrogens with one attached hydrogen (secondary N) is 3. The first-order valence-corrected chi connectivity index (χ1v) is 19.2. The topological polar surface area (TPSA) is 143 Å². The number of nitrogens with zero attached hydrogens (tertiary/aromatic N) is 2. The zero-order chi connectivity index (χ0) is 35.4. The van der Waals surface area contributed by atoms with Gasteiger partial charge in [-0.2, -0.15) is 0 Å². The molecule has 4 aliphatic rings. The molecule has 3 N–H and O–H groups in total. The maximum Gasteiger partial charge on any atom is 0.222 e. The number of ether oxygens (including phenoxy) is 8. The molecule has 2 heterocycles. The van der Waals surface area contributed by atoms with Gasteiger partial charge in [0.25, 0.3) is 0 Å². The first-order valence-electron chi connectivity index (χ1n) is 18.8. The van der Waals surface area contributed by atoms with Crippen LogP contribution in [0.15, 0.2) is 4.99 Å². The van der Waals surface area contributed by atoms with Gasteiger partial charge in [-0.3, -0.25) is 14.7 Å². The molecule has 5 unspecified atom stereocenters. The van der Waals surface area contributed by atoms with Gasteiger partial charge in [0.1, 0.15) is 0 Å². The summed E-state index contributed by atoms with van der Waals surface area (Å²) in [5.74, 6) is 0.720. The van der Waals surface area contributed by atoms with E-state index in [1.807, 2.05) is 7.11 Å². The summed E-state index contributed by atoms with van der Waals surface area (Å²) in [5, 5.41) is 3.30. The number of methoxy groups -OCH3 is 2. The van der Waals surface area contributed by atoms with Crippen LogP contribution in [-0.4, -0.2) is 159 Å². The van der Waals surface area contributed by atoms with Crippen LogP contribution in [0.25, 0.3) is 0 Å². The normalized spacial score (nSPS) is 30.0. The molecular weight excluding hydrogens is 670 g/mol. The Hall–Kier alpha value is -1.01. The molecule has 290 valence electrons. The van der Waals surface area contributed by atoms with E-state index < -0.39 is 0 Å². The maximum absolute atomic E-state index is 13.2. The summed E-state index contributed by atoms with van der Waals surface area (Å²) < 4.78 is 43.8. The molecule has 50 heavy (non-hydrogen) atoms. The number of amides is 1. The summed E-state index contributed by atoms with van der Waals surface area (Å²) in [4.78, 5) is 21.2. The molecule has 0 bridgehead atoms. The number of hydrogen-bond acceptors (Lipinski definition) is 13. The summed E-state index contributed by atoms with van der Waals surface area (Å²) in [5.41, 5.74) is 8.22. The first-order chi connectivity index (χ1) is 24.5. The second-order valence-corrected chi connectivity index (χ2v) is 14.1. The van der Waals surface area contributed by atoms with Crippen LogP contribution in [0.5, 0.6) is 0 Å². The van der Waals surface area contributed by atoms with E-state index in [4.69, 9.17) is 54.5 Å². The minimum Gasteiger partial charge on any atom is -0.382 e. The minimum absolute atomic E-state index is 0.0136. The van der Waals surface area contributed by atoms with Crippen molar-refractivity contribution in [3.8, 4) is 0 Å². The van der Waals surface area contributed by atoms with Crippen molar-refractivity contribution in [3.63, 3.8) is 0 Å². The predicted octanol–water partition coefficient (Wildman–Crippen LogP) is 2.13. The smallest absolute Gasteiger partial charge is 0.222 e. The van der Waals surface area contributed by atoms with Gasteiger partial charge in [-0.25, -0.2) is 10.9 Å². The number of aliphatic imine (C=N–C) groups is 1. The summed E-state index contributed by atoms with van der Waals surface area (Å²) >= 11 is 6.51. The molecule has 2 saturated carbocycles. The van der Waals surface area contributed by atoms with E-state index >= 15 is 0 Å². The number of fused-ring (bicyclic) bond motifs is 3. The Morgan fingerprint density at radius 2 is 1.34 bits per heavy atom. The van der Waals surface area contributed by atoms with Gasteiger partial charge in [0.15, 0.2) is 0 Å². The first kappa shape index (κ1) is 41.7. The Balaban J connectivity index is 1.08. The molecule has 0 aromatic heterocycles. The van der Waals surface area contributed by atoms with Crippen molar-refractivity contribution in [2.75, 3.05) is 107 Å². The Kier molecular flexibility index (Phi) is 20.3. The lowest BCUT2D eigenvalue weighted by Gasteiger charge is -2.44. The maximum atomic E-state index is 13.2. The van der Waals surface area contributed by atoms with Gasteiger partial charge in [0, 0.05) is 43.8 Å². The fraction of sp³-hybridized carbons (Fsp3) is 0.943. The molecule has 2 aliphatic heterocycles. The van der Waals surface area contributed by atoms with Crippen LogP contribution in [0.1, 0.15) is 58.3 Å². The Labute approximate surface area is 304 Å². The van der Waals surface area contributed by atoms with Crippen LogP contribution < -0.4 is 16.2 Å². The number of rotatable bonds is 25. The molecule has 2 aliphatic carbocycles. The number of hydrazine groups is 1. The third-order valence-electron chi connectivity index (χ3n) is 10.1. The number of hydrogen-bond donors (Lipinski definition) is 3. The lowest BCUT2D eigenvalue weighted by molar-refractivity contribution is -0.122. The Bertz CT molecular complexity index is 964. The van der Waals surface area contributed by atoms with Gasteiger partial charge in [-0.05, 0) is 57.8 Å². The molecule has 3 fully saturated rings. The number of halogens is 1. The second-order valence-electron chi connectivity index (χ2n) is 13.5. The van der Waals surface area contributed by atoms with Crippen molar-refractivity contribution in [1.82, 2.24) is 21.1 Å². The van der Waals surface area contributed by atoms with Crippen LogP contribution in [0.4, 0.5) is 0 Å². The van der Waals surface area contributed by atoms with Crippen molar-refractivity contribution >= 4 is 23.2 Å². The monoisotopic (exact) mass is 733 g/mol. The van der Waals surface area contributed by atoms with Crippen LogP contribution in [-0.2, 0) is 42.7 Å². The highest BCUT2D eigenvalue weighted by Gasteiger charge is 2.50. The average Bonchev–Trinajstić information content (AvgIpc) is 3.45. The molecular formula is C35H64ClN5O9. The van der Waals surface area contributed by atoms with Gasteiger partial charge in [0.05, 0.1) is 117 Å². The predicted molar refractivity (Wildman–Crippen MR) is 191 cm³/mol. The van der Waals surface area contributed by atoms with E-state index in [2.05, 4.69) is 28.0 Å². The van der Waals surface area contributed by atoms with E-state index in [1.165, 1.54) is 5.71 Å². The largest absolute Gasteiger partial charge is 0.382 e. The van der Waals surface area contributed by atoms with E-state index in [-0.39, 0.29) is 35.8 Å². The zero-order valence-corrected chi connectivity index (χ0v) is 31.4. The van der Waals surface area contributed by atoms with Crippen LogP contribution >= 0.6 is 11.6 Å². The van der Waals surface area contributed by atoms with Gasteiger partial charge in [0.2, 0.25) is 5.91 Å².